The summed E-state index contributed by atoms with van der Waals surface area (Å²) in [6.07, 6.45) is 0.932. The summed E-state index contributed by atoms with van der Waals surface area (Å²) in [4.78, 5) is 4.51. The van der Waals surface area contributed by atoms with Crippen molar-refractivity contribution in [2.75, 3.05) is 0 Å². The number of nitrogens with zero attached hydrogens (tertiary/aromatic N) is 1. The van der Waals surface area contributed by atoms with Crippen LogP contribution in [-0.2, 0) is 6.42 Å². The molecule has 0 bridgehead atoms. The van der Waals surface area contributed by atoms with E-state index in [-0.39, 0.29) is 0 Å². The summed E-state index contributed by atoms with van der Waals surface area (Å²) in [6.45, 7) is 2.11. The number of rotatable bonds is 2. The molecular formula is C15H12ClNO. The van der Waals surface area contributed by atoms with Gasteiger partial charge in [0.25, 0.3) is 0 Å². The van der Waals surface area contributed by atoms with Crippen molar-refractivity contribution in [2.24, 2.45) is 0 Å². The summed E-state index contributed by atoms with van der Waals surface area (Å²) in [5, 5.41) is 0.686. The van der Waals surface area contributed by atoms with Gasteiger partial charge in [-0.1, -0.05) is 36.7 Å². The van der Waals surface area contributed by atoms with Crippen molar-refractivity contribution in [1.29, 1.82) is 0 Å². The minimum Gasteiger partial charge on any atom is -0.436 e. The molecule has 0 radical (unpaired) electrons. The number of aromatic nitrogens is 1. The van der Waals surface area contributed by atoms with Crippen LogP contribution in [0.4, 0.5) is 0 Å². The molecule has 1 aromatic heterocycles. The second-order valence-electron chi connectivity index (χ2n) is 4.15. The Balaban J connectivity index is 2.19. The third kappa shape index (κ3) is 1.89. The van der Waals surface area contributed by atoms with Crippen LogP contribution in [0.1, 0.15) is 12.5 Å². The minimum atomic E-state index is 0.619. The maximum Gasteiger partial charge on any atom is 0.227 e. The van der Waals surface area contributed by atoms with Crippen molar-refractivity contribution < 1.29 is 4.42 Å². The molecule has 0 aliphatic carbocycles. The second kappa shape index (κ2) is 4.46. The zero-order chi connectivity index (χ0) is 12.5. The Hall–Kier alpha value is -1.80. The predicted molar refractivity (Wildman–Crippen MR) is 73.8 cm³/mol. The normalized spacial score (nSPS) is 11.0. The largest absolute Gasteiger partial charge is 0.436 e. The fourth-order valence-electron chi connectivity index (χ4n) is 2.03. The fourth-order valence-corrected chi connectivity index (χ4v) is 2.22. The molecule has 3 heteroatoms. The molecule has 0 saturated carbocycles. The lowest BCUT2D eigenvalue weighted by Crippen LogP contribution is -1.79. The van der Waals surface area contributed by atoms with Gasteiger partial charge < -0.3 is 4.42 Å². The molecular weight excluding hydrogens is 246 g/mol. The van der Waals surface area contributed by atoms with Crippen LogP contribution < -0.4 is 0 Å². The van der Waals surface area contributed by atoms with Crippen LogP contribution in [-0.4, -0.2) is 4.98 Å². The number of halogens is 1. The Kier molecular flexibility index (Phi) is 2.80. The first-order valence-electron chi connectivity index (χ1n) is 5.92. The molecule has 90 valence electrons. The molecule has 0 unspecified atom stereocenters. The molecule has 2 nitrogen and oxygen atoms in total. The molecule has 0 aliphatic rings. The SMILES string of the molecule is CCc1cccc2nc(-c3cccc(Cl)c3)oc12. The van der Waals surface area contributed by atoms with E-state index >= 15 is 0 Å². The lowest BCUT2D eigenvalue weighted by molar-refractivity contribution is 0.615. The van der Waals surface area contributed by atoms with Gasteiger partial charge in [0.2, 0.25) is 5.89 Å². The monoisotopic (exact) mass is 257 g/mol. The average Bonchev–Trinajstić information content (AvgIpc) is 2.82. The zero-order valence-electron chi connectivity index (χ0n) is 9.98. The maximum absolute atomic E-state index is 5.98. The van der Waals surface area contributed by atoms with E-state index in [0.717, 1.165) is 23.1 Å². The summed E-state index contributed by atoms with van der Waals surface area (Å²) in [5.41, 5.74) is 3.84. The van der Waals surface area contributed by atoms with Gasteiger partial charge in [-0.25, -0.2) is 4.98 Å². The van der Waals surface area contributed by atoms with Gasteiger partial charge in [-0.2, -0.15) is 0 Å². The Morgan fingerprint density at radius 1 is 1.17 bits per heavy atom. The van der Waals surface area contributed by atoms with Gasteiger partial charge >= 0.3 is 0 Å². The van der Waals surface area contributed by atoms with Crippen molar-refractivity contribution in [3.63, 3.8) is 0 Å². The topological polar surface area (TPSA) is 26.0 Å². The van der Waals surface area contributed by atoms with Gasteiger partial charge in [0.15, 0.2) is 5.58 Å². The number of aryl methyl sites for hydroxylation is 1. The van der Waals surface area contributed by atoms with Crippen LogP contribution in [0.3, 0.4) is 0 Å². The Bertz CT molecular complexity index is 703. The molecule has 0 amide bonds. The predicted octanol–water partition coefficient (Wildman–Crippen LogP) is 4.71. The number of hydrogen-bond acceptors (Lipinski definition) is 2. The van der Waals surface area contributed by atoms with Crippen LogP contribution in [0.2, 0.25) is 5.02 Å². The number of benzene rings is 2. The summed E-state index contributed by atoms with van der Waals surface area (Å²) in [5.74, 6) is 0.619. The van der Waals surface area contributed by atoms with Crippen molar-refractivity contribution in [3.8, 4) is 11.5 Å². The number of hydrogen-bond donors (Lipinski definition) is 0. The Labute approximate surface area is 110 Å². The van der Waals surface area contributed by atoms with Crippen LogP contribution in [0, 0.1) is 0 Å². The lowest BCUT2D eigenvalue weighted by atomic mass is 10.1. The van der Waals surface area contributed by atoms with E-state index in [1.807, 2.05) is 36.4 Å². The Morgan fingerprint density at radius 2 is 2.00 bits per heavy atom. The van der Waals surface area contributed by atoms with E-state index in [0.29, 0.717) is 10.9 Å². The van der Waals surface area contributed by atoms with Gasteiger partial charge in [0.1, 0.15) is 5.52 Å². The molecule has 0 atom stereocenters. The van der Waals surface area contributed by atoms with Crippen LogP contribution in [0.25, 0.3) is 22.6 Å². The highest BCUT2D eigenvalue weighted by Gasteiger charge is 2.10. The molecule has 0 aliphatic heterocycles. The zero-order valence-corrected chi connectivity index (χ0v) is 10.7. The maximum atomic E-state index is 5.98. The standard InChI is InChI=1S/C15H12ClNO/c1-2-10-5-4-8-13-14(10)18-15(17-13)11-6-3-7-12(16)9-11/h3-9H,2H2,1H3. The number of fused-ring (bicyclic) bond motifs is 1. The molecule has 0 N–H and O–H groups in total. The van der Waals surface area contributed by atoms with Crippen molar-refractivity contribution in [3.05, 3.63) is 53.1 Å². The molecule has 0 saturated heterocycles. The van der Waals surface area contributed by atoms with E-state index in [9.17, 15) is 0 Å². The van der Waals surface area contributed by atoms with Crippen LogP contribution in [0.5, 0.6) is 0 Å². The van der Waals surface area contributed by atoms with Crippen molar-refractivity contribution >= 4 is 22.7 Å². The van der Waals surface area contributed by atoms with Gasteiger partial charge in [-0.15, -0.1) is 0 Å². The highest BCUT2D eigenvalue weighted by molar-refractivity contribution is 6.30. The summed E-state index contributed by atoms with van der Waals surface area (Å²) in [6, 6.07) is 13.6. The van der Waals surface area contributed by atoms with Gasteiger partial charge in [-0.3, -0.25) is 0 Å². The molecule has 18 heavy (non-hydrogen) atoms. The van der Waals surface area contributed by atoms with E-state index in [1.54, 1.807) is 0 Å². The van der Waals surface area contributed by atoms with Crippen molar-refractivity contribution in [1.82, 2.24) is 4.98 Å². The van der Waals surface area contributed by atoms with Crippen molar-refractivity contribution in [2.45, 2.75) is 13.3 Å². The van der Waals surface area contributed by atoms with Gasteiger partial charge in [0, 0.05) is 10.6 Å². The smallest absolute Gasteiger partial charge is 0.227 e. The summed E-state index contributed by atoms with van der Waals surface area (Å²) < 4.78 is 5.86. The minimum absolute atomic E-state index is 0.619. The van der Waals surface area contributed by atoms with Crippen LogP contribution in [0.15, 0.2) is 46.9 Å². The molecule has 3 aromatic rings. The highest BCUT2D eigenvalue weighted by Crippen LogP contribution is 2.28. The first kappa shape index (κ1) is 11.3. The first-order valence-corrected chi connectivity index (χ1v) is 6.30. The number of oxazole rings is 1. The van der Waals surface area contributed by atoms with E-state index in [4.69, 9.17) is 16.0 Å². The summed E-state index contributed by atoms with van der Waals surface area (Å²) in [7, 11) is 0. The first-order chi connectivity index (χ1) is 8.78. The van der Waals surface area contributed by atoms with E-state index in [1.165, 1.54) is 5.56 Å². The van der Waals surface area contributed by atoms with E-state index in [2.05, 4.69) is 18.0 Å². The molecule has 3 rings (SSSR count). The molecule has 2 aromatic carbocycles. The molecule has 0 spiro atoms. The lowest BCUT2D eigenvalue weighted by Gasteiger charge is -1.96. The van der Waals surface area contributed by atoms with Crippen LogP contribution >= 0.6 is 11.6 Å². The Morgan fingerprint density at radius 3 is 2.78 bits per heavy atom. The third-order valence-corrected chi connectivity index (χ3v) is 3.18. The van der Waals surface area contributed by atoms with E-state index < -0.39 is 0 Å². The van der Waals surface area contributed by atoms with Gasteiger partial charge in [0.05, 0.1) is 0 Å². The third-order valence-electron chi connectivity index (χ3n) is 2.95. The number of para-hydroxylation sites is 1. The quantitative estimate of drug-likeness (QED) is 0.664. The summed E-state index contributed by atoms with van der Waals surface area (Å²) >= 11 is 5.98. The average molecular weight is 258 g/mol. The highest BCUT2D eigenvalue weighted by atomic mass is 35.5. The molecule has 1 heterocycles. The second-order valence-corrected chi connectivity index (χ2v) is 4.58. The molecule has 0 fully saturated rings. The van der Waals surface area contributed by atoms with Gasteiger partial charge in [-0.05, 0) is 36.2 Å². The fraction of sp³-hybridized carbons (Fsp3) is 0.133.